The number of ether oxygens (including phenoxy) is 1. The van der Waals surface area contributed by atoms with E-state index < -0.39 is 0 Å². The Bertz CT molecular complexity index is 589. The molecule has 3 rings (SSSR count). The predicted octanol–water partition coefficient (Wildman–Crippen LogP) is 2.80. The Morgan fingerprint density at radius 2 is 2.30 bits per heavy atom. The summed E-state index contributed by atoms with van der Waals surface area (Å²) in [6.07, 6.45) is 1.76. The van der Waals surface area contributed by atoms with E-state index in [-0.39, 0.29) is 6.04 Å². The molecule has 1 aromatic heterocycles. The molecule has 0 saturated heterocycles. The van der Waals surface area contributed by atoms with Gasteiger partial charge < -0.3 is 10.5 Å². The highest BCUT2D eigenvalue weighted by Gasteiger charge is 2.32. The Labute approximate surface area is 123 Å². The summed E-state index contributed by atoms with van der Waals surface area (Å²) in [4.78, 5) is 1.34. The zero-order valence-corrected chi connectivity index (χ0v) is 12.6. The molecule has 2 unspecified atom stereocenters. The number of fused-ring (bicyclic) bond motifs is 1. The normalized spacial score (nSPS) is 18.9. The van der Waals surface area contributed by atoms with Crippen molar-refractivity contribution in [2.45, 2.75) is 30.3 Å². The third kappa shape index (κ3) is 2.11. The predicted molar refractivity (Wildman–Crippen MR) is 81.3 cm³/mol. The molecule has 2 atom stereocenters. The molecule has 0 amide bonds. The summed E-state index contributed by atoms with van der Waals surface area (Å²) in [7, 11) is 1.67. The van der Waals surface area contributed by atoms with Gasteiger partial charge in [-0.25, -0.2) is 0 Å². The first-order valence-corrected chi connectivity index (χ1v) is 7.81. The molecular weight excluding hydrogens is 270 g/mol. The number of methoxy groups -OCH3 is 1. The third-order valence-electron chi connectivity index (χ3n) is 3.85. The maximum absolute atomic E-state index is 6.56. The summed E-state index contributed by atoms with van der Waals surface area (Å²) < 4.78 is 7.37. The van der Waals surface area contributed by atoms with Crippen molar-refractivity contribution in [2.75, 3.05) is 12.9 Å². The van der Waals surface area contributed by atoms with Crippen molar-refractivity contribution in [1.82, 2.24) is 9.78 Å². The fourth-order valence-electron chi connectivity index (χ4n) is 2.80. The van der Waals surface area contributed by atoms with Crippen LogP contribution in [0, 0.1) is 0 Å². The first kappa shape index (κ1) is 13.5. The lowest BCUT2D eigenvalue weighted by molar-refractivity contribution is 0.396. The fourth-order valence-corrected chi connectivity index (χ4v) is 4.11. The minimum Gasteiger partial charge on any atom is -0.493 e. The molecule has 2 N–H and O–H groups in total. The van der Waals surface area contributed by atoms with E-state index in [9.17, 15) is 0 Å². The molecule has 0 bridgehead atoms. The smallest absolute Gasteiger partial charge is 0.161 e. The zero-order valence-electron chi connectivity index (χ0n) is 11.7. The van der Waals surface area contributed by atoms with Crippen LogP contribution in [0.1, 0.15) is 30.1 Å². The van der Waals surface area contributed by atoms with E-state index >= 15 is 0 Å². The Hall–Kier alpha value is -1.46. The molecule has 1 aromatic carbocycles. The highest BCUT2D eigenvalue weighted by Crippen LogP contribution is 2.45. The summed E-state index contributed by atoms with van der Waals surface area (Å²) in [5.74, 6) is 2.11. The molecule has 0 aliphatic carbocycles. The lowest BCUT2D eigenvalue weighted by Crippen LogP contribution is -2.23. The number of aromatic nitrogens is 2. The van der Waals surface area contributed by atoms with Crippen LogP contribution in [0.4, 0.5) is 0 Å². The number of hydrogen-bond donors (Lipinski definition) is 1. The molecule has 0 saturated carbocycles. The summed E-state index contributed by atoms with van der Waals surface area (Å²) >= 11 is 1.88. The second-order valence-corrected chi connectivity index (χ2v) is 5.96. The Balaban J connectivity index is 1.98. The van der Waals surface area contributed by atoms with Crippen LogP contribution in [0.15, 0.2) is 35.4 Å². The number of nitrogens with zero attached hydrogens (tertiary/aromatic N) is 2. The second kappa shape index (κ2) is 5.50. The molecule has 1 aliphatic rings. The lowest BCUT2D eigenvalue weighted by atomic mass is 9.91. The second-order valence-electron chi connectivity index (χ2n) is 4.90. The van der Waals surface area contributed by atoms with Crippen molar-refractivity contribution in [3.63, 3.8) is 0 Å². The molecule has 1 aliphatic heterocycles. The molecule has 0 radical (unpaired) electrons. The molecule has 2 aromatic rings. The van der Waals surface area contributed by atoms with Crippen LogP contribution >= 0.6 is 11.8 Å². The van der Waals surface area contributed by atoms with Gasteiger partial charge in [0.25, 0.3) is 0 Å². The first-order chi connectivity index (χ1) is 9.76. The lowest BCUT2D eigenvalue weighted by Gasteiger charge is -2.21. The van der Waals surface area contributed by atoms with Crippen LogP contribution in [-0.4, -0.2) is 22.6 Å². The maximum atomic E-state index is 6.56. The monoisotopic (exact) mass is 289 g/mol. The SMILES string of the molecule is CCn1ncc(OC)c1C(N)C1CSc2ccccc21. The van der Waals surface area contributed by atoms with E-state index in [0.717, 1.165) is 23.7 Å². The Morgan fingerprint density at radius 3 is 3.05 bits per heavy atom. The van der Waals surface area contributed by atoms with Gasteiger partial charge in [0.05, 0.1) is 25.0 Å². The topological polar surface area (TPSA) is 53.1 Å². The molecule has 0 fully saturated rings. The molecule has 4 nitrogen and oxygen atoms in total. The van der Waals surface area contributed by atoms with E-state index in [1.165, 1.54) is 10.5 Å². The first-order valence-electron chi connectivity index (χ1n) is 6.83. The van der Waals surface area contributed by atoms with E-state index in [0.29, 0.717) is 5.92 Å². The molecule has 5 heteroatoms. The minimum absolute atomic E-state index is 0.0939. The van der Waals surface area contributed by atoms with Crippen molar-refractivity contribution in [1.29, 1.82) is 0 Å². The van der Waals surface area contributed by atoms with Gasteiger partial charge in [-0.05, 0) is 18.6 Å². The van der Waals surface area contributed by atoms with E-state index in [2.05, 4.69) is 36.3 Å². The number of rotatable bonds is 4. The zero-order chi connectivity index (χ0) is 14.1. The minimum atomic E-state index is -0.0939. The third-order valence-corrected chi connectivity index (χ3v) is 5.06. The van der Waals surface area contributed by atoms with Crippen molar-refractivity contribution >= 4 is 11.8 Å². The number of benzene rings is 1. The van der Waals surface area contributed by atoms with Crippen LogP contribution < -0.4 is 10.5 Å². The average molecular weight is 289 g/mol. The fraction of sp³-hybridized carbons (Fsp3) is 0.400. The molecule has 20 heavy (non-hydrogen) atoms. The number of nitrogens with two attached hydrogens (primary N) is 1. The number of hydrogen-bond acceptors (Lipinski definition) is 4. The summed E-state index contributed by atoms with van der Waals surface area (Å²) in [6.45, 7) is 2.87. The Kier molecular flexibility index (Phi) is 3.72. The van der Waals surface area contributed by atoms with Crippen LogP contribution in [0.3, 0.4) is 0 Å². The molecular formula is C15H19N3OS. The van der Waals surface area contributed by atoms with Gasteiger partial charge in [-0.3, -0.25) is 4.68 Å². The van der Waals surface area contributed by atoms with Gasteiger partial charge in [-0.1, -0.05) is 18.2 Å². The van der Waals surface area contributed by atoms with Gasteiger partial charge in [-0.2, -0.15) is 5.10 Å². The molecule has 106 valence electrons. The van der Waals surface area contributed by atoms with Gasteiger partial charge >= 0.3 is 0 Å². The van der Waals surface area contributed by atoms with Gasteiger partial charge in [0.1, 0.15) is 0 Å². The maximum Gasteiger partial charge on any atom is 0.161 e. The van der Waals surface area contributed by atoms with Gasteiger partial charge in [0.2, 0.25) is 0 Å². The quantitative estimate of drug-likeness (QED) is 0.940. The summed E-state index contributed by atoms with van der Waals surface area (Å²) in [6, 6.07) is 8.42. The summed E-state index contributed by atoms with van der Waals surface area (Å²) in [5, 5.41) is 4.36. The van der Waals surface area contributed by atoms with E-state index in [1.54, 1.807) is 13.3 Å². The van der Waals surface area contributed by atoms with E-state index in [1.807, 2.05) is 16.4 Å². The van der Waals surface area contributed by atoms with Gasteiger partial charge in [0, 0.05) is 23.1 Å². The standard InChI is InChI=1S/C15H19N3OS/c1-3-18-15(12(19-2)8-17-18)14(16)11-9-20-13-7-5-4-6-10(11)13/h4-8,11,14H,3,9,16H2,1-2H3. The van der Waals surface area contributed by atoms with Crippen molar-refractivity contribution in [3.05, 3.63) is 41.7 Å². The van der Waals surface area contributed by atoms with Gasteiger partial charge in [0.15, 0.2) is 5.75 Å². The Morgan fingerprint density at radius 1 is 1.50 bits per heavy atom. The van der Waals surface area contributed by atoms with Crippen LogP contribution in [0.25, 0.3) is 0 Å². The summed E-state index contributed by atoms with van der Waals surface area (Å²) in [5.41, 5.74) is 8.90. The highest BCUT2D eigenvalue weighted by atomic mass is 32.2. The van der Waals surface area contributed by atoms with Crippen molar-refractivity contribution in [2.24, 2.45) is 5.73 Å². The number of thioether (sulfide) groups is 1. The van der Waals surface area contributed by atoms with Crippen LogP contribution in [-0.2, 0) is 6.54 Å². The van der Waals surface area contributed by atoms with Crippen LogP contribution in [0.2, 0.25) is 0 Å². The number of aryl methyl sites for hydroxylation is 1. The van der Waals surface area contributed by atoms with Crippen LogP contribution in [0.5, 0.6) is 5.75 Å². The van der Waals surface area contributed by atoms with Crippen molar-refractivity contribution < 1.29 is 4.74 Å². The molecule has 0 spiro atoms. The van der Waals surface area contributed by atoms with Gasteiger partial charge in [-0.15, -0.1) is 11.8 Å². The van der Waals surface area contributed by atoms with E-state index in [4.69, 9.17) is 10.5 Å². The largest absolute Gasteiger partial charge is 0.493 e. The molecule has 2 heterocycles. The van der Waals surface area contributed by atoms with Crippen molar-refractivity contribution in [3.8, 4) is 5.75 Å². The average Bonchev–Trinajstić information content (AvgIpc) is 3.10. The highest BCUT2D eigenvalue weighted by molar-refractivity contribution is 7.99.